The molecule has 0 heterocycles. The van der Waals surface area contributed by atoms with Crippen LogP contribution < -0.4 is 5.73 Å². The summed E-state index contributed by atoms with van der Waals surface area (Å²) in [6.07, 6.45) is 5.47. The van der Waals surface area contributed by atoms with Gasteiger partial charge < -0.3 is 5.73 Å². The van der Waals surface area contributed by atoms with Crippen LogP contribution in [0.15, 0.2) is 0 Å². The number of thiocarbonyl (C=S) groups is 1. The zero-order chi connectivity index (χ0) is 10.3. The molecule has 0 bridgehead atoms. The van der Waals surface area contributed by atoms with E-state index in [2.05, 4.69) is 6.92 Å². The summed E-state index contributed by atoms with van der Waals surface area (Å²) in [5.74, 6) is -0.462. The maximum Gasteiger partial charge on any atom is 0.225 e. The monoisotopic (exact) mass is 201 g/mol. The van der Waals surface area contributed by atoms with Crippen LogP contribution in [0.3, 0.4) is 0 Å². The van der Waals surface area contributed by atoms with Gasteiger partial charge in [-0.1, -0.05) is 44.8 Å². The Kier molecular flexibility index (Phi) is 6.77. The standard InChI is InChI=1S/C10H19NOS/c1-3-4-5-6-7-9(8(2)13)10(11)12/h9H,3-7H2,1-2H3,(H2,11,12). The summed E-state index contributed by atoms with van der Waals surface area (Å²) < 4.78 is 0. The van der Waals surface area contributed by atoms with Crippen LogP contribution >= 0.6 is 12.2 Å². The first-order valence-electron chi connectivity index (χ1n) is 4.89. The molecule has 3 heteroatoms. The molecule has 2 nitrogen and oxygen atoms in total. The summed E-state index contributed by atoms with van der Waals surface area (Å²) in [7, 11) is 0. The van der Waals surface area contributed by atoms with Crippen LogP contribution in [0, 0.1) is 5.92 Å². The van der Waals surface area contributed by atoms with Crippen molar-refractivity contribution in [2.45, 2.75) is 46.0 Å². The number of carbonyl (C=O) groups is 1. The Bertz CT molecular complexity index is 166. The number of unbranched alkanes of at least 4 members (excludes halogenated alkanes) is 3. The molecule has 13 heavy (non-hydrogen) atoms. The lowest BCUT2D eigenvalue weighted by Crippen LogP contribution is -2.27. The number of carbonyl (C=O) groups excluding carboxylic acids is 1. The highest BCUT2D eigenvalue weighted by atomic mass is 32.1. The van der Waals surface area contributed by atoms with Crippen molar-refractivity contribution in [3.05, 3.63) is 0 Å². The number of hydrogen-bond donors (Lipinski definition) is 1. The van der Waals surface area contributed by atoms with Gasteiger partial charge in [0.05, 0.1) is 5.92 Å². The average Bonchev–Trinajstić information content (AvgIpc) is 2.02. The average molecular weight is 201 g/mol. The van der Waals surface area contributed by atoms with Crippen molar-refractivity contribution >= 4 is 23.0 Å². The Balaban J connectivity index is 3.71. The smallest absolute Gasteiger partial charge is 0.225 e. The van der Waals surface area contributed by atoms with E-state index in [0.717, 1.165) is 17.7 Å². The topological polar surface area (TPSA) is 43.1 Å². The lowest BCUT2D eigenvalue weighted by molar-refractivity contribution is -0.120. The maximum absolute atomic E-state index is 10.9. The van der Waals surface area contributed by atoms with Gasteiger partial charge in [-0.25, -0.2) is 0 Å². The molecule has 0 aromatic carbocycles. The van der Waals surface area contributed by atoms with Crippen LogP contribution in [-0.2, 0) is 4.79 Å². The van der Waals surface area contributed by atoms with Gasteiger partial charge in [-0.3, -0.25) is 4.79 Å². The minimum Gasteiger partial charge on any atom is -0.369 e. The second-order valence-electron chi connectivity index (χ2n) is 3.41. The summed E-state index contributed by atoms with van der Waals surface area (Å²) in [6.45, 7) is 3.96. The van der Waals surface area contributed by atoms with Gasteiger partial charge in [-0.05, 0) is 13.3 Å². The van der Waals surface area contributed by atoms with Crippen molar-refractivity contribution in [2.24, 2.45) is 11.7 Å². The van der Waals surface area contributed by atoms with E-state index < -0.39 is 0 Å². The van der Waals surface area contributed by atoms with Crippen molar-refractivity contribution in [1.82, 2.24) is 0 Å². The Labute approximate surface area is 85.9 Å². The number of nitrogens with two attached hydrogens (primary N) is 1. The molecule has 0 saturated carbocycles. The van der Waals surface area contributed by atoms with Crippen LogP contribution in [0.25, 0.3) is 0 Å². The number of primary amides is 1. The van der Waals surface area contributed by atoms with E-state index >= 15 is 0 Å². The van der Waals surface area contributed by atoms with Gasteiger partial charge in [0.15, 0.2) is 0 Å². The van der Waals surface area contributed by atoms with Crippen molar-refractivity contribution in [3.8, 4) is 0 Å². The predicted octanol–water partition coefficient (Wildman–Crippen LogP) is 2.45. The Morgan fingerprint density at radius 2 is 2.00 bits per heavy atom. The van der Waals surface area contributed by atoms with E-state index in [9.17, 15) is 4.79 Å². The molecule has 0 aromatic heterocycles. The van der Waals surface area contributed by atoms with Crippen molar-refractivity contribution in [1.29, 1.82) is 0 Å². The van der Waals surface area contributed by atoms with E-state index in [1.165, 1.54) is 19.3 Å². The molecule has 0 radical (unpaired) electrons. The molecule has 0 saturated heterocycles. The molecule has 0 aliphatic heterocycles. The molecule has 0 fully saturated rings. The Morgan fingerprint density at radius 1 is 1.38 bits per heavy atom. The summed E-state index contributed by atoms with van der Waals surface area (Å²) in [5, 5.41) is 0. The molecular weight excluding hydrogens is 182 g/mol. The first-order chi connectivity index (χ1) is 6.09. The molecule has 0 aromatic rings. The number of amides is 1. The highest BCUT2D eigenvalue weighted by Crippen LogP contribution is 2.12. The molecule has 2 N–H and O–H groups in total. The Morgan fingerprint density at radius 3 is 2.38 bits per heavy atom. The van der Waals surface area contributed by atoms with Crippen LogP contribution in [0.1, 0.15) is 46.0 Å². The van der Waals surface area contributed by atoms with E-state index in [1.807, 2.05) is 0 Å². The first-order valence-corrected chi connectivity index (χ1v) is 5.30. The molecule has 0 rings (SSSR count). The highest BCUT2D eigenvalue weighted by Gasteiger charge is 2.16. The molecule has 1 unspecified atom stereocenters. The largest absolute Gasteiger partial charge is 0.369 e. The molecule has 1 amide bonds. The van der Waals surface area contributed by atoms with Crippen LogP contribution in [0.4, 0.5) is 0 Å². The van der Waals surface area contributed by atoms with Crippen LogP contribution in [-0.4, -0.2) is 10.8 Å². The minimum atomic E-state index is -0.274. The molecule has 0 aliphatic rings. The minimum absolute atomic E-state index is 0.188. The van der Waals surface area contributed by atoms with Crippen molar-refractivity contribution in [3.63, 3.8) is 0 Å². The highest BCUT2D eigenvalue weighted by molar-refractivity contribution is 7.80. The Hall–Kier alpha value is -0.440. The number of rotatable bonds is 7. The fraction of sp³-hybridized carbons (Fsp3) is 0.800. The van der Waals surface area contributed by atoms with Crippen LogP contribution in [0.5, 0.6) is 0 Å². The summed E-state index contributed by atoms with van der Waals surface area (Å²) in [6, 6.07) is 0. The second kappa shape index (κ2) is 7.01. The lowest BCUT2D eigenvalue weighted by Gasteiger charge is -2.10. The van der Waals surface area contributed by atoms with Crippen LogP contribution in [0.2, 0.25) is 0 Å². The van der Waals surface area contributed by atoms with Crippen molar-refractivity contribution < 1.29 is 4.79 Å². The van der Waals surface area contributed by atoms with E-state index in [4.69, 9.17) is 18.0 Å². The number of hydrogen-bond acceptors (Lipinski definition) is 2. The zero-order valence-electron chi connectivity index (χ0n) is 8.51. The molecule has 1 atom stereocenters. The SMILES string of the molecule is CCCCCCC(C(N)=O)C(C)=S. The van der Waals surface area contributed by atoms with Gasteiger partial charge in [0, 0.05) is 4.86 Å². The molecule has 0 aliphatic carbocycles. The first kappa shape index (κ1) is 12.6. The normalized spacial score (nSPS) is 12.5. The van der Waals surface area contributed by atoms with Gasteiger partial charge in [0.25, 0.3) is 0 Å². The fourth-order valence-electron chi connectivity index (χ4n) is 1.32. The molecule has 0 spiro atoms. The van der Waals surface area contributed by atoms with Gasteiger partial charge in [0.1, 0.15) is 0 Å². The van der Waals surface area contributed by atoms with E-state index in [-0.39, 0.29) is 11.8 Å². The quantitative estimate of drug-likeness (QED) is 0.508. The third-order valence-electron chi connectivity index (χ3n) is 2.18. The molecule has 76 valence electrons. The lowest BCUT2D eigenvalue weighted by atomic mass is 9.97. The maximum atomic E-state index is 10.9. The van der Waals surface area contributed by atoms with Gasteiger partial charge in [0.2, 0.25) is 5.91 Å². The van der Waals surface area contributed by atoms with E-state index in [1.54, 1.807) is 6.92 Å². The predicted molar refractivity (Wildman–Crippen MR) is 59.7 cm³/mol. The van der Waals surface area contributed by atoms with Crippen molar-refractivity contribution in [2.75, 3.05) is 0 Å². The summed E-state index contributed by atoms with van der Waals surface area (Å²) in [4.78, 5) is 11.7. The third-order valence-corrected chi connectivity index (χ3v) is 2.47. The van der Waals surface area contributed by atoms with Gasteiger partial charge in [-0.2, -0.15) is 0 Å². The second-order valence-corrected chi connectivity index (χ2v) is 4.06. The molecular formula is C10H19NOS. The zero-order valence-corrected chi connectivity index (χ0v) is 9.32. The summed E-state index contributed by atoms with van der Waals surface area (Å²) in [5.41, 5.74) is 5.23. The van der Waals surface area contributed by atoms with Gasteiger partial charge >= 0.3 is 0 Å². The van der Waals surface area contributed by atoms with E-state index in [0.29, 0.717) is 0 Å². The third kappa shape index (κ3) is 5.75. The van der Waals surface area contributed by atoms with Gasteiger partial charge in [-0.15, -0.1) is 0 Å². The fourth-order valence-corrected chi connectivity index (χ4v) is 1.56. The summed E-state index contributed by atoms with van der Waals surface area (Å²) >= 11 is 4.97.